The number of hydrogen-bond donors (Lipinski definition) is 1. The van der Waals surface area contributed by atoms with E-state index >= 15 is 0 Å². The quantitative estimate of drug-likeness (QED) is 0.333. The number of halogens is 1. The fourth-order valence-electron chi connectivity index (χ4n) is 0. The lowest BCUT2D eigenvalue weighted by molar-refractivity contribution is 1.03. The van der Waals surface area contributed by atoms with Crippen molar-refractivity contribution in [1.82, 2.24) is 0 Å². The molecule has 0 aliphatic rings. The molecule has 0 spiro atoms. The molecular weight excluding hydrogens is 73.5 g/mol. The minimum absolute atomic E-state index is 0.194. The Labute approximate surface area is 30.7 Å². The fraction of sp³-hybridized carbons (Fsp3) is 1.00. The Kier molecular flexibility index (Phi) is 1.66. The molecule has 2 heteroatoms. The summed E-state index contributed by atoms with van der Waals surface area (Å²) in [6, 6.07) is 0. The van der Waals surface area contributed by atoms with Crippen molar-refractivity contribution in [2.45, 2.75) is 12.4 Å². The summed E-state index contributed by atoms with van der Waals surface area (Å²) in [5, 5.41) is 0. The van der Waals surface area contributed by atoms with Crippen LogP contribution in [0.1, 0.15) is 6.92 Å². The van der Waals surface area contributed by atoms with Crippen LogP contribution < -0.4 is 5.73 Å². The molecule has 1 atom stereocenters. The van der Waals surface area contributed by atoms with E-state index in [2.05, 4.69) is 0 Å². The van der Waals surface area contributed by atoms with E-state index in [1.54, 1.807) is 6.92 Å². The number of alkyl halides is 1. The van der Waals surface area contributed by atoms with Gasteiger partial charge >= 0.3 is 0 Å². The zero-order valence-corrected chi connectivity index (χ0v) is 3.29. The maximum atomic E-state index is 5.05. The first kappa shape index (κ1) is 4.25. The van der Waals surface area contributed by atoms with E-state index in [4.69, 9.17) is 17.3 Å². The molecule has 4 heavy (non-hydrogen) atoms. The minimum Gasteiger partial charge on any atom is -0.316 e. The zero-order valence-electron chi connectivity index (χ0n) is 2.53. The van der Waals surface area contributed by atoms with Crippen molar-refractivity contribution in [3.8, 4) is 0 Å². The molecule has 0 unspecified atom stereocenters. The summed E-state index contributed by atoms with van der Waals surface area (Å²) >= 11 is 5.05. The van der Waals surface area contributed by atoms with Crippen molar-refractivity contribution >= 4 is 11.6 Å². The molecule has 0 fully saturated rings. The predicted octanol–water partition coefficient (Wildman–Crippen LogP) is 0.530. The Morgan fingerprint density at radius 3 is 2.00 bits per heavy atom. The van der Waals surface area contributed by atoms with Crippen LogP contribution in [0.4, 0.5) is 0 Å². The molecule has 0 aromatic heterocycles. The van der Waals surface area contributed by atoms with Crippen LogP contribution in [0.25, 0.3) is 0 Å². The summed E-state index contributed by atoms with van der Waals surface area (Å²) < 4.78 is 0. The van der Waals surface area contributed by atoms with Crippen LogP contribution in [-0.2, 0) is 0 Å². The van der Waals surface area contributed by atoms with Gasteiger partial charge in [-0.05, 0) is 6.92 Å². The predicted molar refractivity (Wildman–Crippen MR) is 19.5 cm³/mol. The molecule has 0 bridgehead atoms. The third-order valence-electron chi connectivity index (χ3n) is 0. The Hall–Kier alpha value is 0.250. The molecule has 0 rings (SSSR count). The smallest absolute Gasteiger partial charge is 0.0771 e. The van der Waals surface area contributed by atoms with Crippen LogP contribution in [0, 0.1) is 0 Å². The molecule has 0 radical (unpaired) electrons. The molecule has 2 N–H and O–H groups in total. The first-order chi connectivity index (χ1) is 1.73. The first-order valence-electron chi connectivity index (χ1n) is 1.13. The number of hydrogen-bond acceptors (Lipinski definition) is 1. The molecule has 0 aliphatic carbocycles. The third kappa shape index (κ3) is 56.3. The Morgan fingerprint density at radius 1 is 2.00 bits per heavy atom. The normalized spacial score (nSPS) is 15.8. The van der Waals surface area contributed by atoms with Gasteiger partial charge in [0, 0.05) is 0 Å². The average molecular weight is 79.5 g/mol. The molecule has 0 aromatic rings. The van der Waals surface area contributed by atoms with E-state index in [-0.39, 0.29) is 5.50 Å². The molecular formula is C2H6ClN. The van der Waals surface area contributed by atoms with Crippen LogP contribution in [0.2, 0.25) is 0 Å². The zero-order chi connectivity index (χ0) is 3.58. The van der Waals surface area contributed by atoms with Crippen LogP contribution in [0.3, 0.4) is 0 Å². The summed E-state index contributed by atoms with van der Waals surface area (Å²) in [5.41, 5.74) is 4.68. The van der Waals surface area contributed by atoms with Gasteiger partial charge in [-0.2, -0.15) is 0 Å². The fourth-order valence-corrected chi connectivity index (χ4v) is 0. The van der Waals surface area contributed by atoms with Gasteiger partial charge in [0.2, 0.25) is 0 Å². The summed E-state index contributed by atoms with van der Waals surface area (Å²) in [7, 11) is 0. The molecule has 1 nitrogen and oxygen atoms in total. The second kappa shape index (κ2) is 1.56. The van der Waals surface area contributed by atoms with Crippen LogP contribution in [-0.4, -0.2) is 5.50 Å². The van der Waals surface area contributed by atoms with E-state index < -0.39 is 0 Å². The van der Waals surface area contributed by atoms with E-state index in [0.717, 1.165) is 0 Å². The summed E-state index contributed by atoms with van der Waals surface area (Å²) in [6.07, 6.45) is 0. The highest BCUT2D eigenvalue weighted by molar-refractivity contribution is 6.19. The van der Waals surface area contributed by atoms with Crippen molar-refractivity contribution in [2.24, 2.45) is 5.73 Å². The highest BCUT2D eigenvalue weighted by Crippen LogP contribution is 1.74. The summed E-state index contributed by atoms with van der Waals surface area (Å²) in [4.78, 5) is 0. The Bertz CT molecular complexity index is 10.8. The molecule has 0 saturated heterocycles. The lowest BCUT2D eigenvalue weighted by atomic mass is 10.8. The number of nitrogens with two attached hydrogens (primary N) is 1. The second-order valence-electron chi connectivity index (χ2n) is 0.678. The van der Waals surface area contributed by atoms with Gasteiger partial charge in [-0.1, -0.05) is 0 Å². The average Bonchev–Trinajstić information content (AvgIpc) is 0.811. The lowest BCUT2D eigenvalue weighted by Gasteiger charge is -1.78. The molecule has 0 amide bonds. The highest BCUT2D eigenvalue weighted by atomic mass is 35.5. The van der Waals surface area contributed by atoms with Crippen molar-refractivity contribution in [3.63, 3.8) is 0 Å². The SMILES string of the molecule is C[C@H](N)Cl. The van der Waals surface area contributed by atoms with Crippen LogP contribution in [0.15, 0.2) is 0 Å². The van der Waals surface area contributed by atoms with Crippen molar-refractivity contribution in [2.75, 3.05) is 0 Å². The van der Waals surface area contributed by atoms with Crippen molar-refractivity contribution in [3.05, 3.63) is 0 Å². The Balaban J connectivity index is 2.32. The Morgan fingerprint density at radius 2 is 2.00 bits per heavy atom. The lowest BCUT2D eigenvalue weighted by Crippen LogP contribution is -2.03. The van der Waals surface area contributed by atoms with Gasteiger partial charge in [-0.15, -0.1) is 11.6 Å². The topological polar surface area (TPSA) is 26.0 Å². The maximum Gasteiger partial charge on any atom is 0.0771 e. The van der Waals surface area contributed by atoms with Crippen LogP contribution >= 0.6 is 11.6 Å². The van der Waals surface area contributed by atoms with Gasteiger partial charge in [0.15, 0.2) is 0 Å². The molecule has 0 aromatic carbocycles. The van der Waals surface area contributed by atoms with Gasteiger partial charge in [-0.3, -0.25) is 0 Å². The van der Waals surface area contributed by atoms with E-state index in [1.807, 2.05) is 0 Å². The van der Waals surface area contributed by atoms with E-state index in [9.17, 15) is 0 Å². The first-order valence-corrected chi connectivity index (χ1v) is 1.57. The number of rotatable bonds is 0. The van der Waals surface area contributed by atoms with Gasteiger partial charge < -0.3 is 5.73 Å². The summed E-state index contributed by atoms with van der Waals surface area (Å²) in [6.45, 7) is 1.71. The molecule has 0 aliphatic heterocycles. The third-order valence-corrected chi connectivity index (χ3v) is 0. The molecule has 26 valence electrons. The monoisotopic (exact) mass is 79.0 g/mol. The van der Waals surface area contributed by atoms with E-state index in [0.29, 0.717) is 0 Å². The van der Waals surface area contributed by atoms with Gasteiger partial charge in [-0.25, -0.2) is 0 Å². The van der Waals surface area contributed by atoms with Crippen molar-refractivity contribution < 1.29 is 0 Å². The van der Waals surface area contributed by atoms with E-state index in [1.165, 1.54) is 0 Å². The van der Waals surface area contributed by atoms with Crippen LogP contribution in [0.5, 0.6) is 0 Å². The second-order valence-corrected chi connectivity index (χ2v) is 1.37. The van der Waals surface area contributed by atoms with Gasteiger partial charge in [0.25, 0.3) is 0 Å². The standard InChI is InChI=1S/C2H6ClN/c1-2(3)4/h2H,4H2,1H3/t2-/m0/s1. The van der Waals surface area contributed by atoms with Gasteiger partial charge in [0.05, 0.1) is 5.50 Å². The van der Waals surface area contributed by atoms with Gasteiger partial charge in [0.1, 0.15) is 0 Å². The maximum absolute atomic E-state index is 5.05. The molecule has 0 heterocycles. The molecule has 0 saturated carbocycles. The highest BCUT2D eigenvalue weighted by Gasteiger charge is 1.70. The minimum atomic E-state index is -0.194. The van der Waals surface area contributed by atoms with Crippen molar-refractivity contribution in [1.29, 1.82) is 0 Å². The summed E-state index contributed by atoms with van der Waals surface area (Å²) in [5.74, 6) is 0. The largest absolute Gasteiger partial charge is 0.316 e.